The van der Waals surface area contributed by atoms with Crippen molar-refractivity contribution in [1.29, 1.82) is 0 Å². The van der Waals surface area contributed by atoms with Gasteiger partial charge in [0.2, 0.25) is 0 Å². The van der Waals surface area contributed by atoms with Crippen molar-refractivity contribution in [2.45, 2.75) is 18.4 Å². The number of ether oxygens (including phenoxy) is 1. The zero-order valence-electron chi connectivity index (χ0n) is 13.7. The van der Waals surface area contributed by atoms with Crippen molar-refractivity contribution < 1.29 is 22.4 Å². The lowest BCUT2D eigenvalue weighted by Crippen LogP contribution is -2.26. The molecule has 0 aliphatic heterocycles. The normalized spacial score (nSPS) is 11.4. The van der Waals surface area contributed by atoms with Crippen LogP contribution in [0.1, 0.15) is 27.4 Å². The highest BCUT2D eigenvalue weighted by Crippen LogP contribution is 2.17. The molecule has 0 aliphatic rings. The van der Waals surface area contributed by atoms with Crippen LogP contribution < -0.4 is 5.32 Å². The average Bonchev–Trinajstić information content (AvgIpc) is 2.97. The molecule has 0 bridgehead atoms. The molecule has 1 amide bonds. The van der Waals surface area contributed by atoms with Crippen LogP contribution in [0.3, 0.4) is 0 Å². The van der Waals surface area contributed by atoms with E-state index in [1.165, 1.54) is 19.2 Å². The lowest BCUT2D eigenvalue weighted by atomic mass is 10.1. The Morgan fingerprint density at radius 1 is 1.17 bits per heavy atom. The molecule has 7 heteroatoms. The van der Waals surface area contributed by atoms with Crippen molar-refractivity contribution in [3.05, 3.63) is 59.0 Å². The number of hydrogen-bond donors (Lipinski definition) is 1. The minimum absolute atomic E-state index is 0.0598. The van der Waals surface area contributed by atoms with Crippen LogP contribution in [0.25, 0.3) is 0 Å². The first-order valence-electron chi connectivity index (χ1n) is 7.52. The number of amides is 1. The summed E-state index contributed by atoms with van der Waals surface area (Å²) >= 11 is 0. The van der Waals surface area contributed by atoms with E-state index in [1.807, 2.05) is 25.1 Å². The van der Waals surface area contributed by atoms with E-state index in [9.17, 15) is 13.2 Å². The molecule has 0 unspecified atom stereocenters. The number of rotatable bonds is 8. The molecule has 24 heavy (non-hydrogen) atoms. The van der Waals surface area contributed by atoms with Gasteiger partial charge in [0.15, 0.2) is 15.6 Å². The molecule has 6 nitrogen and oxygen atoms in total. The van der Waals surface area contributed by atoms with Gasteiger partial charge in [0.1, 0.15) is 11.5 Å². The fourth-order valence-corrected chi connectivity index (χ4v) is 3.70. The Morgan fingerprint density at radius 2 is 1.92 bits per heavy atom. The molecular formula is C17H21NO5S. The van der Waals surface area contributed by atoms with Crippen LogP contribution in [0.15, 0.2) is 40.8 Å². The van der Waals surface area contributed by atoms with Crippen molar-refractivity contribution in [2.75, 3.05) is 20.3 Å². The molecule has 1 heterocycles. The summed E-state index contributed by atoms with van der Waals surface area (Å²) in [6.45, 7) is 2.63. The highest BCUT2D eigenvalue weighted by atomic mass is 32.2. The van der Waals surface area contributed by atoms with Crippen LogP contribution in [0.2, 0.25) is 0 Å². The Balaban J connectivity index is 2.00. The Kier molecular flexibility index (Phi) is 6.16. The largest absolute Gasteiger partial charge is 0.455 e. The number of hydrogen-bond acceptors (Lipinski definition) is 5. The maximum atomic E-state index is 12.3. The second-order valence-electron chi connectivity index (χ2n) is 5.47. The SMILES string of the molecule is COCCNC(=O)c1ccc(CS(=O)(=O)Cc2ccccc2C)o1. The number of benzene rings is 1. The number of sulfone groups is 1. The molecule has 1 aromatic carbocycles. The van der Waals surface area contributed by atoms with Gasteiger partial charge in [0.25, 0.3) is 5.91 Å². The van der Waals surface area contributed by atoms with Crippen molar-refractivity contribution >= 4 is 15.7 Å². The van der Waals surface area contributed by atoms with Gasteiger partial charge in [-0.2, -0.15) is 0 Å². The van der Waals surface area contributed by atoms with Crippen LogP contribution in [0.5, 0.6) is 0 Å². The predicted molar refractivity (Wildman–Crippen MR) is 90.4 cm³/mol. The molecule has 0 saturated carbocycles. The number of methoxy groups -OCH3 is 1. The quantitative estimate of drug-likeness (QED) is 0.736. The molecule has 0 spiro atoms. The van der Waals surface area contributed by atoms with Gasteiger partial charge < -0.3 is 14.5 Å². The first kappa shape index (κ1) is 18.2. The van der Waals surface area contributed by atoms with Gasteiger partial charge in [-0.3, -0.25) is 4.79 Å². The summed E-state index contributed by atoms with van der Waals surface area (Å²) in [4.78, 5) is 11.8. The maximum absolute atomic E-state index is 12.3. The zero-order valence-corrected chi connectivity index (χ0v) is 14.6. The average molecular weight is 351 g/mol. The fraction of sp³-hybridized carbons (Fsp3) is 0.353. The van der Waals surface area contributed by atoms with Gasteiger partial charge in [-0.1, -0.05) is 24.3 Å². The monoisotopic (exact) mass is 351 g/mol. The summed E-state index contributed by atoms with van der Waals surface area (Å²) in [7, 11) is -1.85. The van der Waals surface area contributed by atoms with E-state index in [4.69, 9.17) is 9.15 Å². The van der Waals surface area contributed by atoms with Crippen molar-refractivity contribution in [3.8, 4) is 0 Å². The Labute approximate surface area is 141 Å². The minimum atomic E-state index is -3.39. The first-order valence-corrected chi connectivity index (χ1v) is 9.34. The lowest BCUT2D eigenvalue weighted by molar-refractivity contribution is 0.0908. The number of nitrogens with one attached hydrogen (secondary N) is 1. The molecule has 0 aliphatic carbocycles. The summed E-state index contributed by atoms with van der Waals surface area (Å²) in [5, 5.41) is 2.62. The van der Waals surface area contributed by atoms with Gasteiger partial charge in [0, 0.05) is 13.7 Å². The summed E-state index contributed by atoms with van der Waals surface area (Å²) in [6.07, 6.45) is 0. The molecule has 2 rings (SSSR count). The smallest absolute Gasteiger partial charge is 0.287 e. The van der Waals surface area contributed by atoms with Crippen molar-refractivity contribution in [3.63, 3.8) is 0 Å². The molecule has 0 fully saturated rings. The molecule has 0 radical (unpaired) electrons. The zero-order chi connectivity index (χ0) is 17.6. The standard InChI is InChI=1S/C17H21NO5S/c1-13-5-3-4-6-14(13)11-24(20,21)12-15-7-8-16(23-15)17(19)18-9-10-22-2/h3-8H,9-12H2,1-2H3,(H,18,19). The van der Waals surface area contributed by atoms with Gasteiger partial charge in [0.05, 0.1) is 12.4 Å². The van der Waals surface area contributed by atoms with E-state index in [2.05, 4.69) is 5.32 Å². The third kappa shape index (κ3) is 5.21. The third-order valence-electron chi connectivity index (χ3n) is 3.48. The van der Waals surface area contributed by atoms with Crippen LogP contribution in [-0.4, -0.2) is 34.6 Å². The Bertz CT molecular complexity index is 795. The Morgan fingerprint density at radius 3 is 2.62 bits per heavy atom. The molecular weight excluding hydrogens is 330 g/mol. The highest BCUT2D eigenvalue weighted by Gasteiger charge is 2.18. The summed E-state index contributed by atoms with van der Waals surface area (Å²) < 4.78 is 34.9. The van der Waals surface area contributed by atoms with Crippen LogP contribution >= 0.6 is 0 Å². The molecule has 1 N–H and O–H groups in total. The fourth-order valence-electron chi connectivity index (χ4n) is 2.21. The van der Waals surface area contributed by atoms with Crippen molar-refractivity contribution in [2.24, 2.45) is 0 Å². The summed E-state index contributed by atoms with van der Waals surface area (Å²) in [5.74, 6) is -0.357. The number of carbonyl (C=O) groups is 1. The van der Waals surface area contributed by atoms with E-state index in [-0.39, 0.29) is 23.0 Å². The Hall–Kier alpha value is -2.12. The second kappa shape index (κ2) is 8.12. The van der Waals surface area contributed by atoms with Crippen LogP contribution in [-0.2, 0) is 26.1 Å². The van der Waals surface area contributed by atoms with E-state index in [0.717, 1.165) is 11.1 Å². The molecule has 0 saturated heterocycles. The van der Waals surface area contributed by atoms with E-state index >= 15 is 0 Å². The first-order chi connectivity index (χ1) is 11.4. The van der Waals surface area contributed by atoms with Gasteiger partial charge in [-0.05, 0) is 30.2 Å². The minimum Gasteiger partial charge on any atom is -0.455 e. The van der Waals surface area contributed by atoms with Gasteiger partial charge in [-0.15, -0.1) is 0 Å². The maximum Gasteiger partial charge on any atom is 0.287 e. The number of furan rings is 1. The number of carbonyl (C=O) groups excluding carboxylic acids is 1. The number of aryl methyl sites for hydroxylation is 1. The lowest BCUT2D eigenvalue weighted by Gasteiger charge is -2.06. The van der Waals surface area contributed by atoms with Crippen molar-refractivity contribution in [1.82, 2.24) is 5.32 Å². The van der Waals surface area contributed by atoms with Gasteiger partial charge in [-0.25, -0.2) is 8.42 Å². The third-order valence-corrected chi connectivity index (χ3v) is 4.95. The summed E-state index contributed by atoms with van der Waals surface area (Å²) in [6, 6.07) is 10.3. The van der Waals surface area contributed by atoms with E-state index in [1.54, 1.807) is 6.07 Å². The molecule has 2 aromatic rings. The highest BCUT2D eigenvalue weighted by molar-refractivity contribution is 7.89. The van der Waals surface area contributed by atoms with Crippen LogP contribution in [0, 0.1) is 6.92 Å². The summed E-state index contributed by atoms with van der Waals surface area (Å²) in [5.41, 5.74) is 1.69. The molecule has 130 valence electrons. The topological polar surface area (TPSA) is 85.6 Å². The van der Waals surface area contributed by atoms with E-state index < -0.39 is 15.7 Å². The van der Waals surface area contributed by atoms with Gasteiger partial charge >= 0.3 is 0 Å². The predicted octanol–water partition coefficient (Wildman–Crippen LogP) is 2.08. The molecule has 0 atom stereocenters. The second-order valence-corrected chi connectivity index (χ2v) is 7.54. The van der Waals surface area contributed by atoms with Crippen LogP contribution in [0.4, 0.5) is 0 Å². The molecule has 1 aromatic heterocycles. The van der Waals surface area contributed by atoms with E-state index in [0.29, 0.717) is 13.2 Å².